The molecular formula is C12H11ClF3NO. The maximum atomic E-state index is 12.7. The summed E-state index contributed by atoms with van der Waals surface area (Å²) in [6.45, 7) is 0. The highest BCUT2D eigenvalue weighted by Gasteiger charge is 2.49. The molecule has 0 saturated heterocycles. The van der Waals surface area contributed by atoms with E-state index in [2.05, 4.69) is 0 Å². The van der Waals surface area contributed by atoms with Crippen LogP contribution in [-0.2, 0) is 17.4 Å². The monoisotopic (exact) mass is 277 g/mol. The van der Waals surface area contributed by atoms with Gasteiger partial charge in [-0.15, -0.1) is 0 Å². The summed E-state index contributed by atoms with van der Waals surface area (Å²) < 4.78 is 38.0. The van der Waals surface area contributed by atoms with Crippen LogP contribution >= 0.6 is 11.6 Å². The maximum Gasteiger partial charge on any atom is 0.417 e. The second-order valence-electron chi connectivity index (χ2n) is 4.60. The third kappa shape index (κ3) is 2.32. The minimum atomic E-state index is -4.49. The Morgan fingerprint density at radius 2 is 2.00 bits per heavy atom. The van der Waals surface area contributed by atoms with Gasteiger partial charge in [-0.25, -0.2) is 0 Å². The normalized spacial score (nSPS) is 17.6. The van der Waals surface area contributed by atoms with E-state index in [1.807, 2.05) is 0 Å². The number of carbonyl (C=O) groups is 1. The predicted octanol–water partition coefficient (Wildman–Crippen LogP) is 3.17. The van der Waals surface area contributed by atoms with Crippen LogP contribution in [0.2, 0.25) is 5.02 Å². The summed E-state index contributed by atoms with van der Waals surface area (Å²) in [5.41, 5.74) is 4.00. The largest absolute Gasteiger partial charge is 0.417 e. The van der Waals surface area contributed by atoms with Gasteiger partial charge in [0.1, 0.15) is 0 Å². The minimum Gasteiger partial charge on any atom is -0.369 e. The van der Waals surface area contributed by atoms with Crippen molar-refractivity contribution in [3.05, 3.63) is 34.3 Å². The van der Waals surface area contributed by atoms with Gasteiger partial charge < -0.3 is 5.73 Å². The van der Waals surface area contributed by atoms with Crippen LogP contribution in [0.1, 0.15) is 24.0 Å². The number of hydrogen-bond acceptors (Lipinski definition) is 1. The van der Waals surface area contributed by atoms with Crippen LogP contribution in [-0.4, -0.2) is 5.91 Å². The van der Waals surface area contributed by atoms with Crippen LogP contribution < -0.4 is 5.73 Å². The molecular weight excluding hydrogens is 267 g/mol. The van der Waals surface area contributed by atoms with E-state index in [1.54, 1.807) is 0 Å². The number of hydrogen-bond donors (Lipinski definition) is 1. The molecule has 1 amide bonds. The van der Waals surface area contributed by atoms with Crippen LogP contribution in [0.5, 0.6) is 0 Å². The lowest BCUT2D eigenvalue weighted by Gasteiger charge is -2.15. The summed E-state index contributed by atoms with van der Waals surface area (Å²) in [6, 6.07) is 3.72. The Hall–Kier alpha value is -1.23. The first-order valence-corrected chi connectivity index (χ1v) is 5.78. The van der Waals surface area contributed by atoms with E-state index >= 15 is 0 Å². The van der Waals surface area contributed by atoms with Crippen LogP contribution in [0.3, 0.4) is 0 Å². The van der Waals surface area contributed by atoms with E-state index in [9.17, 15) is 18.0 Å². The van der Waals surface area contributed by atoms with Gasteiger partial charge in [-0.05, 0) is 30.9 Å². The predicted molar refractivity (Wildman–Crippen MR) is 61.0 cm³/mol. The van der Waals surface area contributed by atoms with Crippen molar-refractivity contribution in [3.63, 3.8) is 0 Å². The molecule has 0 atom stereocenters. The first-order valence-electron chi connectivity index (χ1n) is 5.41. The second kappa shape index (κ2) is 4.16. The summed E-state index contributed by atoms with van der Waals surface area (Å²) in [7, 11) is 0. The lowest BCUT2D eigenvalue weighted by atomic mass is 9.94. The van der Waals surface area contributed by atoms with Crippen LogP contribution in [0.25, 0.3) is 0 Å². The SMILES string of the molecule is NC(=O)C1(Cc2cccc(C(F)(F)F)c2Cl)CC1. The van der Waals surface area contributed by atoms with Gasteiger partial charge in [0.15, 0.2) is 0 Å². The minimum absolute atomic E-state index is 0.172. The molecule has 1 aliphatic rings. The molecule has 1 aromatic carbocycles. The van der Waals surface area contributed by atoms with Crippen molar-refractivity contribution < 1.29 is 18.0 Å². The molecule has 18 heavy (non-hydrogen) atoms. The molecule has 1 aromatic rings. The molecule has 1 saturated carbocycles. The highest BCUT2D eigenvalue weighted by Crippen LogP contribution is 2.49. The van der Waals surface area contributed by atoms with Crippen molar-refractivity contribution in [2.45, 2.75) is 25.4 Å². The van der Waals surface area contributed by atoms with Gasteiger partial charge in [0, 0.05) is 0 Å². The first-order chi connectivity index (χ1) is 8.26. The summed E-state index contributed by atoms with van der Waals surface area (Å²) >= 11 is 5.76. The summed E-state index contributed by atoms with van der Waals surface area (Å²) in [6.07, 6.45) is -3.11. The molecule has 98 valence electrons. The number of benzene rings is 1. The van der Waals surface area contributed by atoms with Gasteiger partial charge in [0.05, 0.1) is 16.0 Å². The van der Waals surface area contributed by atoms with E-state index in [0.717, 1.165) is 6.07 Å². The number of primary amides is 1. The van der Waals surface area contributed by atoms with Gasteiger partial charge in [-0.3, -0.25) is 4.79 Å². The zero-order chi connectivity index (χ0) is 13.6. The molecule has 0 unspecified atom stereocenters. The summed E-state index contributed by atoms with van der Waals surface area (Å²) in [5.74, 6) is -0.476. The molecule has 0 aliphatic heterocycles. The zero-order valence-electron chi connectivity index (χ0n) is 9.35. The Bertz CT molecular complexity index is 495. The molecule has 0 aromatic heterocycles. The molecule has 0 spiro atoms. The Balaban J connectivity index is 2.33. The zero-order valence-corrected chi connectivity index (χ0v) is 10.1. The molecule has 1 aliphatic carbocycles. The average Bonchev–Trinajstić information content (AvgIpc) is 3.00. The fourth-order valence-corrected chi connectivity index (χ4v) is 2.26. The smallest absolute Gasteiger partial charge is 0.369 e. The Morgan fingerprint density at radius 1 is 1.39 bits per heavy atom. The Kier molecular flexibility index (Phi) is 3.05. The molecule has 0 heterocycles. The standard InChI is InChI=1S/C12H11ClF3NO/c13-9-7(6-11(4-5-11)10(17)18)2-1-3-8(9)12(14,15)16/h1-3H,4-6H2,(H2,17,18). The molecule has 2 N–H and O–H groups in total. The third-order valence-electron chi connectivity index (χ3n) is 3.29. The number of carbonyl (C=O) groups excluding carboxylic acids is 1. The van der Waals surface area contributed by atoms with Gasteiger partial charge in [0.2, 0.25) is 5.91 Å². The molecule has 0 radical (unpaired) electrons. The molecule has 1 fully saturated rings. The van der Waals surface area contributed by atoms with Crippen LogP contribution in [0.15, 0.2) is 18.2 Å². The van der Waals surface area contributed by atoms with Crippen molar-refractivity contribution in [2.75, 3.05) is 0 Å². The number of nitrogens with two attached hydrogens (primary N) is 1. The van der Waals surface area contributed by atoms with E-state index in [-0.39, 0.29) is 11.4 Å². The van der Waals surface area contributed by atoms with Crippen LogP contribution in [0, 0.1) is 5.41 Å². The van der Waals surface area contributed by atoms with Crippen molar-refractivity contribution in [3.8, 4) is 0 Å². The highest BCUT2D eigenvalue weighted by atomic mass is 35.5. The van der Waals surface area contributed by atoms with Gasteiger partial charge in [-0.2, -0.15) is 13.2 Å². The highest BCUT2D eigenvalue weighted by molar-refractivity contribution is 6.32. The number of rotatable bonds is 3. The topological polar surface area (TPSA) is 43.1 Å². The third-order valence-corrected chi connectivity index (χ3v) is 3.74. The number of alkyl halides is 3. The van der Waals surface area contributed by atoms with Crippen molar-refractivity contribution >= 4 is 17.5 Å². The van der Waals surface area contributed by atoms with E-state index in [1.165, 1.54) is 12.1 Å². The van der Waals surface area contributed by atoms with Crippen LogP contribution in [0.4, 0.5) is 13.2 Å². The number of halogens is 4. The quantitative estimate of drug-likeness (QED) is 0.906. The van der Waals surface area contributed by atoms with Crippen molar-refractivity contribution in [2.24, 2.45) is 11.1 Å². The molecule has 6 heteroatoms. The van der Waals surface area contributed by atoms with Gasteiger partial charge in [-0.1, -0.05) is 23.7 Å². The van der Waals surface area contributed by atoms with Crippen molar-refractivity contribution in [1.82, 2.24) is 0 Å². The molecule has 2 rings (SSSR count). The first kappa shape index (κ1) is 13.2. The fourth-order valence-electron chi connectivity index (χ4n) is 1.96. The Morgan fingerprint density at radius 3 is 2.44 bits per heavy atom. The van der Waals surface area contributed by atoms with Crippen molar-refractivity contribution in [1.29, 1.82) is 0 Å². The summed E-state index contributed by atoms with van der Waals surface area (Å²) in [5, 5.41) is -0.336. The van der Waals surface area contributed by atoms with E-state index in [4.69, 9.17) is 17.3 Å². The maximum absolute atomic E-state index is 12.7. The number of amides is 1. The summed E-state index contributed by atoms with van der Waals surface area (Å²) in [4.78, 5) is 11.2. The van der Waals surface area contributed by atoms with Gasteiger partial charge in [0.25, 0.3) is 0 Å². The lowest BCUT2D eigenvalue weighted by Crippen LogP contribution is -2.26. The Labute approximate surface area is 107 Å². The van der Waals surface area contributed by atoms with Gasteiger partial charge >= 0.3 is 6.18 Å². The average molecular weight is 278 g/mol. The van der Waals surface area contributed by atoms with E-state index in [0.29, 0.717) is 18.4 Å². The van der Waals surface area contributed by atoms with E-state index < -0.39 is 23.1 Å². The lowest BCUT2D eigenvalue weighted by molar-refractivity contribution is -0.137. The molecule has 0 bridgehead atoms. The molecule has 2 nitrogen and oxygen atoms in total. The second-order valence-corrected chi connectivity index (χ2v) is 4.98. The fraction of sp³-hybridized carbons (Fsp3) is 0.417.